The SMILES string of the molecule is CN=C(C)C(N[S+]([O-])c1c(Cl)cc(C2CC=CC2)cc1Cl)=C(C)N. The molecule has 2 rings (SSSR count). The fourth-order valence-electron chi connectivity index (χ4n) is 2.58. The first-order valence-corrected chi connectivity index (χ1v) is 9.48. The predicted octanol–water partition coefficient (Wildman–Crippen LogP) is 4.32. The van der Waals surface area contributed by atoms with Crippen molar-refractivity contribution in [2.75, 3.05) is 7.05 Å². The van der Waals surface area contributed by atoms with E-state index in [1.54, 1.807) is 20.9 Å². The third kappa shape index (κ3) is 4.28. The lowest BCUT2D eigenvalue weighted by Crippen LogP contribution is -2.29. The number of nitrogens with zero attached hydrogens (tertiary/aromatic N) is 1. The minimum absolute atomic E-state index is 0.357. The van der Waals surface area contributed by atoms with E-state index in [-0.39, 0.29) is 0 Å². The van der Waals surface area contributed by atoms with Crippen LogP contribution in [0, 0.1) is 0 Å². The van der Waals surface area contributed by atoms with Gasteiger partial charge in [-0.05, 0) is 50.3 Å². The van der Waals surface area contributed by atoms with Crippen LogP contribution in [0.25, 0.3) is 0 Å². The molecule has 24 heavy (non-hydrogen) atoms. The van der Waals surface area contributed by atoms with E-state index in [0.717, 1.165) is 18.4 Å². The highest BCUT2D eigenvalue weighted by Gasteiger charge is 2.25. The Bertz CT molecular complexity index is 681. The Morgan fingerprint density at radius 1 is 1.25 bits per heavy atom. The summed E-state index contributed by atoms with van der Waals surface area (Å²) in [4.78, 5) is 4.43. The number of halogens is 2. The second-order valence-electron chi connectivity index (χ2n) is 5.69. The van der Waals surface area contributed by atoms with Crippen molar-refractivity contribution in [1.82, 2.24) is 4.72 Å². The third-order valence-corrected chi connectivity index (χ3v) is 5.99. The molecule has 0 spiro atoms. The van der Waals surface area contributed by atoms with Crippen LogP contribution in [-0.2, 0) is 11.4 Å². The maximum atomic E-state index is 12.7. The van der Waals surface area contributed by atoms with Gasteiger partial charge in [-0.2, -0.15) is 4.72 Å². The first-order chi connectivity index (χ1) is 11.3. The van der Waals surface area contributed by atoms with Crippen molar-refractivity contribution < 1.29 is 4.55 Å². The highest BCUT2D eigenvalue weighted by atomic mass is 35.5. The van der Waals surface area contributed by atoms with Crippen molar-refractivity contribution in [1.29, 1.82) is 0 Å². The van der Waals surface area contributed by atoms with E-state index in [1.807, 2.05) is 12.1 Å². The Morgan fingerprint density at radius 2 is 1.79 bits per heavy atom. The molecule has 130 valence electrons. The molecule has 1 aromatic rings. The molecule has 4 nitrogen and oxygen atoms in total. The predicted molar refractivity (Wildman–Crippen MR) is 103 cm³/mol. The molecule has 0 heterocycles. The molecule has 0 radical (unpaired) electrons. The second-order valence-corrected chi connectivity index (χ2v) is 7.66. The highest BCUT2D eigenvalue weighted by Crippen LogP contribution is 2.37. The Kier molecular flexibility index (Phi) is 6.63. The smallest absolute Gasteiger partial charge is 0.216 e. The molecule has 0 bridgehead atoms. The number of hydrogen-bond acceptors (Lipinski definition) is 4. The van der Waals surface area contributed by atoms with E-state index in [0.29, 0.717) is 38.0 Å². The molecule has 3 N–H and O–H groups in total. The van der Waals surface area contributed by atoms with Crippen LogP contribution in [-0.4, -0.2) is 17.3 Å². The average molecular weight is 386 g/mol. The zero-order valence-corrected chi connectivity index (χ0v) is 16.2. The molecule has 0 fully saturated rings. The summed E-state index contributed by atoms with van der Waals surface area (Å²) < 4.78 is 15.6. The quantitative estimate of drug-likeness (QED) is 0.450. The van der Waals surface area contributed by atoms with E-state index < -0.39 is 11.4 Å². The number of nitrogens with one attached hydrogen (secondary N) is 1. The maximum Gasteiger partial charge on any atom is 0.216 e. The van der Waals surface area contributed by atoms with Crippen LogP contribution in [0.1, 0.15) is 38.2 Å². The van der Waals surface area contributed by atoms with Crippen LogP contribution in [0.15, 0.2) is 45.6 Å². The van der Waals surface area contributed by atoms with E-state index >= 15 is 0 Å². The van der Waals surface area contributed by atoms with E-state index in [4.69, 9.17) is 28.9 Å². The van der Waals surface area contributed by atoms with Gasteiger partial charge >= 0.3 is 0 Å². The molecule has 1 aliphatic rings. The Morgan fingerprint density at radius 3 is 2.25 bits per heavy atom. The zero-order valence-electron chi connectivity index (χ0n) is 13.9. The van der Waals surface area contributed by atoms with Crippen molar-refractivity contribution in [3.63, 3.8) is 0 Å². The molecule has 1 aliphatic carbocycles. The monoisotopic (exact) mass is 385 g/mol. The average Bonchev–Trinajstić information content (AvgIpc) is 3.05. The summed E-state index contributed by atoms with van der Waals surface area (Å²) in [6, 6.07) is 3.69. The zero-order chi connectivity index (χ0) is 17.9. The summed E-state index contributed by atoms with van der Waals surface area (Å²) in [7, 11) is 1.65. The summed E-state index contributed by atoms with van der Waals surface area (Å²) in [5, 5.41) is 0.769. The summed E-state index contributed by atoms with van der Waals surface area (Å²) in [6.45, 7) is 3.50. The molecule has 1 atom stereocenters. The summed E-state index contributed by atoms with van der Waals surface area (Å²) in [5.74, 6) is 0.381. The molecule has 0 aromatic heterocycles. The van der Waals surface area contributed by atoms with Gasteiger partial charge in [-0.25, -0.2) is 0 Å². The number of nitrogens with two attached hydrogens (primary N) is 1. The van der Waals surface area contributed by atoms with Crippen molar-refractivity contribution in [3.05, 3.63) is 51.3 Å². The van der Waals surface area contributed by atoms with Gasteiger partial charge in [-0.15, -0.1) is 0 Å². The van der Waals surface area contributed by atoms with E-state index in [1.165, 1.54) is 0 Å². The van der Waals surface area contributed by atoms with Crippen molar-refractivity contribution in [2.45, 2.75) is 37.5 Å². The Hall–Kier alpha value is -1.14. The van der Waals surface area contributed by atoms with Gasteiger partial charge < -0.3 is 10.3 Å². The van der Waals surface area contributed by atoms with Gasteiger partial charge in [0.1, 0.15) is 27.1 Å². The van der Waals surface area contributed by atoms with Crippen LogP contribution in [0.2, 0.25) is 10.0 Å². The van der Waals surface area contributed by atoms with Gasteiger partial charge in [-0.1, -0.05) is 35.4 Å². The Balaban J connectivity index is 2.29. The lowest BCUT2D eigenvalue weighted by atomic mass is 9.97. The first-order valence-electron chi connectivity index (χ1n) is 7.57. The van der Waals surface area contributed by atoms with Crippen LogP contribution >= 0.6 is 23.2 Å². The molecule has 0 saturated carbocycles. The molecule has 0 saturated heterocycles. The van der Waals surface area contributed by atoms with Crippen LogP contribution < -0.4 is 10.5 Å². The maximum absolute atomic E-state index is 12.7. The van der Waals surface area contributed by atoms with E-state index in [9.17, 15) is 4.55 Å². The highest BCUT2D eigenvalue weighted by molar-refractivity contribution is 7.90. The lowest BCUT2D eigenvalue weighted by Gasteiger charge is -2.18. The number of hydrogen-bond donors (Lipinski definition) is 2. The number of benzene rings is 1. The van der Waals surface area contributed by atoms with Gasteiger partial charge in [0, 0.05) is 12.7 Å². The van der Waals surface area contributed by atoms with Gasteiger partial charge in [-0.3, -0.25) is 4.99 Å². The molecule has 7 heteroatoms. The normalized spacial score (nSPS) is 17.8. The van der Waals surface area contributed by atoms with Gasteiger partial charge in [0.15, 0.2) is 0 Å². The van der Waals surface area contributed by atoms with Crippen LogP contribution in [0.5, 0.6) is 0 Å². The summed E-state index contributed by atoms with van der Waals surface area (Å²) in [6.07, 6.45) is 6.24. The number of allylic oxidation sites excluding steroid dienone is 4. The second kappa shape index (κ2) is 8.30. The Labute approximate surface area is 156 Å². The van der Waals surface area contributed by atoms with Crippen molar-refractivity contribution in [2.24, 2.45) is 10.7 Å². The lowest BCUT2D eigenvalue weighted by molar-refractivity contribution is 0.588. The molecule has 1 aromatic carbocycles. The molecule has 0 amide bonds. The fraction of sp³-hybridized carbons (Fsp3) is 0.353. The molecular formula is C17H21Cl2N3OS. The number of rotatable bonds is 5. The van der Waals surface area contributed by atoms with Gasteiger partial charge in [0.25, 0.3) is 0 Å². The summed E-state index contributed by atoms with van der Waals surface area (Å²) >= 11 is 11.1. The minimum atomic E-state index is -1.64. The van der Waals surface area contributed by atoms with Gasteiger partial charge in [0.2, 0.25) is 4.90 Å². The minimum Gasteiger partial charge on any atom is -0.588 e. The van der Waals surface area contributed by atoms with Crippen LogP contribution in [0.4, 0.5) is 0 Å². The standard InChI is InChI=1S/C17H21Cl2N3OS/c1-10(20)16(11(2)21-3)22-24(23)17-14(18)8-13(9-15(17)19)12-6-4-5-7-12/h4-5,8-9,12,22H,6-7,20H2,1-3H3. The molecular weight excluding hydrogens is 365 g/mol. The van der Waals surface area contributed by atoms with Gasteiger partial charge in [0.05, 0.1) is 5.71 Å². The summed E-state index contributed by atoms with van der Waals surface area (Å²) in [5.41, 5.74) is 8.58. The fourth-order valence-corrected chi connectivity index (χ4v) is 4.57. The number of aliphatic imine (C=N–C) groups is 1. The third-order valence-electron chi connectivity index (χ3n) is 3.97. The first kappa shape index (κ1) is 19.2. The molecule has 0 aliphatic heterocycles. The largest absolute Gasteiger partial charge is 0.588 e. The van der Waals surface area contributed by atoms with E-state index in [2.05, 4.69) is 21.9 Å². The van der Waals surface area contributed by atoms with Crippen LogP contribution in [0.3, 0.4) is 0 Å². The van der Waals surface area contributed by atoms with Crippen molar-refractivity contribution >= 4 is 40.3 Å². The topological polar surface area (TPSA) is 73.5 Å². The van der Waals surface area contributed by atoms with Crippen molar-refractivity contribution in [3.8, 4) is 0 Å². The molecule has 1 unspecified atom stereocenters.